The number of hydrogen-bond acceptors (Lipinski definition) is 3. The third kappa shape index (κ3) is 1.91. The molecular weight excluding hydrogens is 232 g/mol. The van der Waals surface area contributed by atoms with Crippen molar-refractivity contribution in [1.29, 1.82) is 0 Å². The molecule has 0 radical (unpaired) electrons. The van der Waals surface area contributed by atoms with Gasteiger partial charge in [-0.15, -0.1) is 0 Å². The average Bonchev–Trinajstić information content (AvgIpc) is 2.26. The number of carbonyl (C=O) groups is 1. The molecule has 0 aliphatic carbocycles. The fraction of sp³-hybridized carbons (Fsp3) is 0.500. The molecule has 1 saturated heterocycles. The SMILES string of the molecule is C[C@]12C[C@H](CC(=O)O)O[C@H](Cc3ccccc31)O2. The van der Waals surface area contributed by atoms with Crippen LogP contribution < -0.4 is 0 Å². The van der Waals surface area contributed by atoms with E-state index in [2.05, 4.69) is 12.1 Å². The van der Waals surface area contributed by atoms with Crippen molar-refractivity contribution in [2.75, 3.05) is 0 Å². The molecule has 18 heavy (non-hydrogen) atoms. The lowest BCUT2D eigenvalue weighted by molar-refractivity contribution is -0.289. The van der Waals surface area contributed by atoms with Gasteiger partial charge in [-0.1, -0.05) is 24.3 Å². The van der Waals surface area contributed by atoms with E-state index in [0.29, 0.717) is 12.8 Å². The molecule has 3 atom stereocenters. The molecular formula is C14H16O4. The number of aliphatic carboxylic acids is 1. The molecule has 1 fully saturated rings. The van der Waals surface area contributed by atoms with E-state index in [1.54, 1.807) is 0 Å². The predicted molar refractivity (Wildman–Crippen MR) is 64.1 cm³/mol. The van der Waals surface area contributed by atoms with Crippen molar-refractivity contribution in [2.45, 2.75) is 44.2 Å². The van der Waals surface area contributed by atoms with Crippen molar-refractivity contribution in [3.05, 3.63) is 35.4 Å². The number of fused-ring (bicyclic) bond motifs is 4. The van der Waals surface area contributed by atoms with Gasteiger partial charge in [0.05, 0.1) is 18.1 Å². The minimum absolute atomic E-state index is 0.0393. The summed E-state index contributed by atoms with van der Waals surface area (Å²) in [6.07, 6.45) is 0.745. The lowest BCUT2D eigenvalue weighted by Gasteiger charge is -2.47. The third-order valence-electron chi connectivity index (χ3n) is 3.73. The normalized spacial score (nSPS) is 33.8. The number of carboxylic acids is 1. The Morgan fingerprint density at radius 3 is 3.06 bits per heavy atom. The van der Waals surface area contributed by atoms with E-state index < -0.39 is 11.6 Å². The molecule has 2 aliphatic heterocycles. The minimum Gasteiger partial charge on any atom is -0.481 e. The van der Waals surface area contributed by atoms with Gasteiger partial charge >= 0.3 is 5.97 Å². The Bertz CT molecular complexity index is 484. The maximum Gasteiger partial charge on any atom is 0.305 e. The van der Waals surface area contributed by atoms with E-state index >= 15 is 0 Å². The van der Waals surface area contributed by atoms with Gasteiger partial charge in [-0.25, -0.2) is 0 Å². The Hall–Kier alpha value is -1.39. The largest absolute Gasteiger partial charge is 0.481 e. The Balaban J connectivity index is 1.92. The highest BCUT2D eigenvalue weighted by Gasteiger charge is 2.45. The molecule has 0 amide bonds. The smallest absolute Gasteiger partial charge is 0.305 e. The summed E-state index contributed by atoms with van der Waals surface area (Å²) in [6, 6.07) is 8.16. The zero-order chi connectivity index (χ0) is 12.8. The highest BCUT2D eigenvalue weighted by atomic mass is 16.7. The summed E-state index contributed by atoms with van der Waals surface area (Å²) in [4.78, 5) is 10.8. The fourth-order valence-electron chi connectivity index (χ4n) is 3.04. The minimum atomic E-state index is -0.822. The van der Waals surface area contributed by atoms with Crippen molar-refractivity contribution in [3.8, 4) is 0 Å². The maximum absolute atomic E-state index is 10.8. The Morgan fingerprint density at radius 1 is 1.50 bits per heavy atom. The summed E-state index contributed by atoms with van der Waals surface area (Å²) >= 11 is 0. The molecule has 1 aromatic rings. The summed E-state index contributed by atoms with van der Waals surface area (Å²) in [5, 5.41) is 8.89. The standard InChI is InChI=1S/C14H16O4/c1-14-8-10(7-12(15)16)17-13(18-14)6-9-4-2-3-5-11(9)14/h2-5,10,13H,6-8H2,1H3,(H,15,16)/t10-,13-,14-/m0/s1. The van der Waals surface area contributed by atoms with E-state index in [-0.39, 0.29) is 18.8 Å². The van der Waals surface area contributed by atoms with Crippen LogP contribution in [0.25, 0.3) is 0 Å². The van der Waals surface area contributed by atoms with Crippen LogP contribution >= 0.6 is 0 Å². The first-order valence-electron chi connectivity index (χ1n) is 6.20. The van der Waals surface area contributed by atoms with Crippen molar-refractivity contribution < 1.29 is 19.4 Å². The summed E-state index contributed by atoms with van der Waals surface area (Å²) in [5.74, 6) is -0.822. The highest BCUT2D eigenvalue weighted by Crippen LogP contribution is 2.43. The van der Waals surface area contributed by atoms with E-state index in [4.69, 9.17) is 14.6 Å². The van der Waals surface area contributed by atoms with Gasteiger partial charge in [0.25, 0.3) is 0 Å². The highest BCUT2D eigenvalue weighted by molar-refractivity contribution is 5.67. The summed E-state index contributed by atoms with van der Waals surface area (Å²) < 4.78 is 11.6. The summed E-state index contributed by atoms with van der Waals surface area (Å²) in [7, 11) is 0. The van der Waals surface area contributed by atoms with Crippen LogP contribution in [0.3, 0.4) is 0 Å². The van der Waals surface area contributed by atoms with Gasteiger partial charge in [0.1, 0.15) is 0 Å². The first-order valence-corrected chi connectivity index (χ1v) is 6.20. The van der Waals surface area contributed by atoms with E-state index in [0.717, 1.165) is 0 Å². The van der Waals surface area contributed by atoms with E-state index in [9.17, 15) is 4.79 Å². The van der Waals surface area contributed by atoms with Crippen LogP contribution in [0.5, 0.6) is 0 Å². The number of hydrogen-bond donors (Lipinski definition) is 1. The first kappa shape index (κ1) is 11.7. The molecule has 0 aromatic heterocycles. The summed E-state index contributed by atoms with van der Waals surface area (Å²) in [5.41, 5.74) is 1.99. The molecule has 4 heteroatoms. The van der Waals surface area contributed by atoms with Crippen molar-refractivity contribution in [1.82, 2.24) is 0 Å². The lowest BCUT2D eigenvalue weighted by atomic mass is 9.81. The Kier molecular flexibility index (Phi) is 2.64. The second kappa shape index (κ2) is 4.07. The molecule has 1 N–H and O–H groups in total. The van der Waals surface area contributed by atoms with Crippen LogP contribution in [0.4, 0.5) is 0 Å². The molecule has 0 spiro atoms. The maximum atomic E-state index is 10.8. The number of carboxylic acid groups (broad SMARTS) is 1. The molecule has 0 unspecified atom stereocenters. The van der Waals surface area contributed by atoms with Gasteiger partial charge in [0.15, 0.2) is 6.29 Å². The topological polar surface area (TPSA) is 55.8 Å². The second-order valence-electron chi connectivity index (χ2n) is 5.20. The van der Waals surface area contributed by atoms with Gasteiger partial charge in [-0.3, -0.25) is 4.79 Å². The lowest BCUT2D eigenvalue weighted by Crippen LogP contribution is -2.49. The van der Waals surface area contributed by atoms with Crippen LogP contribution in [-0.2, 0) is 26.3 Å². The van der Waals surface area contributed by atoms with Gasteiger partial charge in [0, 0.05) is 12.8 Å². The zero-order valence-corrected chi connectivity index (χ0v) is 10.3. The Morgan fingerprint density at radius 2 is 2.28 bits per heavy atom. The first-order chi connectivity index (χ1) is 8.57. The molecule has 0 saturated carbocycles. The molecule has 4 nitrogen and oxygen atoms in total. The Labute approximate surface area is 106 Å². The quantitative estimate of drug-likeness (QED) is 0.870. The van der Waals surface area contributed by atoms with Gasteiger partial charge in [0.2, 0.25) is 0 Å². The van der Waals surface area contributed by atoms with Crippen LogP contribution in [0.2, 0.25) is 0 Å². The number of ether oxygens (including phenoxy) is 2. The van der Waals surface area contributed by atoms with Gasteiger partial charge < -0.3 is 14.6 Å². The van der Waals surface area contributed by atoms with E-state index in [1.165, 1.54) is 11.1 Å². The van der Waals surface area contributed by atoms with Gasteiger partial charge in [-0.05, 0) is 18.1 Å². The van der Waals surface area contributed by atoms with Crippen LogP contribution in [0.1, 0.15) is 30.9 Å². The fourth-order valence-corrected chi connectivity index (χ4v) is 3.04. The van der Waals surface area contributed by atoms with Crippen LogP contribution in [0, 0.1) is 0 Å². The van der Waals surface area contributed by atoms with Crippen molar-refractivity contribution in [3.63, 3.8) is 0 Å². The van der Waals surface area contributed by atoms with Crippen molar-refractivity contribution >= 4 is 5.97 Å². The third-order valence-corrected chi connectivity index (χ3v) is 3.73. The molecule has 2 bridgehead atoms. The molecule has 2 heterocycles. The number of rotatable bonds is 2. The average molecular weight is 248 g/mol. The number of benzene rings is 1. The predicted octanol–water partition coefficient (Wildman–Crippen LogP) is 2.06. The molecule has 96 valence electrons. The van der Waals surface area contributed by atoms with E-state index in [1.807, 2.05) is 19.1 Å². The van der Waals surface area contributed by atoms with Crippen LogP contribution in [0.15, 0.2) is 24.3 Å². The van der Waals surface area contributed by atoms with Crippen LogP contribution in [-0.4, -0.2) is 23.5 Å². The molecule has 3 rings (SSSR count). The molecule has 1 aromatic carbocycles. The second-order valence-corrected chi connectivity index (χ2v) is 5.20. The monoisotopic (exact) mass is 248 g/mol. The molecule has 2 aliphatic rings. The zero-order valence-electron chi connectivity index (χ0n) is 10.3. The van der Waals surface area contributed by atoms with Crippen molar-refractivity contribution in [2.24, 2.45) is 0 Å². The summed E-state index contributed by atoms with van der Waals surface area (Å²) in [6.45, 7) is 2.02. The van der Waals surface area contributed by atoms with Gasteiger partial charge in [-0.2, -0.15) is 0 Å².